The Balaban J connectivity index is 1.53. The van der Waals surface area contributed by atoms with Crippen LogP contribution in [0.25, 0.3) is 16.6 Å². The summed E-state index contributed by atoms with van der Waals surface area (Å²) in [7, 11) is 0. The molecule has 0 bridgehead atoms. The number of amides is 1. The minimum atomic E-state index is -0.514. The Bertz CT molecular complexity index is 870. The third-order valence-corrected chi connectivity index (χ3v) is 4.67. The SMILES string of the molecule is O=C(Nc1ccc(-n2ncc3ccccc32)cc1)C1CCCC1O. The van der Waals surface area contributed by atoms with E-state index < -0.39 is 6.10 Å². The molecule has 0 saturated heterocycles. The van der Waals surface area contributed by atoms with Crippen LogP contribution in [-0.2, 0) is 4.79 Å². The number of nitrogens with zero attached hydrogens (tertiary/aromatic N) is 2. The number of nitrogens with one attached hydrogen (secondary N) is 1. The van der Waals surface area contributed by atoms with E-state index in [-0.39, 0.29) is 11.8 Å². The van der Waals surface area contributed by atoms with Crippen molar-refractivity contribution in [2.45, 2.75) is 25.4 Å². The van der Waals surface area contributed by atoms with Gasteiger partial charge in [0, 0.05) is 11.1 Å². The van der Waals surface area contributed by atoms with Crippen molar-refractivity contribution in [1.82, 2.24) is 9.78 Å². The van der Waals surface area contributed by atoms with Crippen LogP contribution in [0, 0.1) is 5.92 Å². The highest BCUT2D eigenvalue weighted by Crippen LogP contribution is 2.27. The van der Waals surface area contributed by atoms with E-state index >= 15 is 0 Å². The number of para-hydroxylation sites is 1. The Kier molecular flexibility index (Phi) is 3.78. The van der Waals surface area contributed by atoms with E-state index in [4.69, 9.17) is 0 Å². The van der Waals surface area contributed by atoms with Crippen LogP contribution in [0.4, 0.5) is 5.69 Å². The monoisotopic (exact) mass is 321 g/mol. The molecule has 1 amide bonds. The van der Waals surface area contributed by atoms with Gasteiger partial charge >= 0.3 is 0 Å². The van der Waals surface area contributed by atoms with E-state index in [9.17, 15) is 9.90 Å². The number of aromatic nitrogens is 2. The van der Waals surface area contributed by atoms with Crippen LogP contribution >= 0.6 is 0 Å². The van der Waals surface area contributed by atoms with Crippen molar-refractivity contribution in [3.63, 3.8) is 0 Å². The van der Waals surface area contributed by atoms with Gasteiger partial charge in [-0.25, -0.2) is 4.68 Å². The molecule has 2 unspecified atom stereocenters. The van der Waals surface area contributed by atoms with E-state index in [0.29, 0.717) is 6.42 Å². The second kappa shape index (κ2) is 6.09. The minimum absolute atomic E-state index is 0.0997. The molecule has 1 saturated carbocycles. The molecule has 2 aromatic carbocycles. The topological polar surface area (TPSA) is 67.2 Å². The Morgan fingerprint density at radius 3 is 2.67 bits per heavy atom. The molecule has 1 aliphatic carbocycles. The molecule has 1 aliphatic rings. The zero-order valence-corrected chi connectivity index (χ0v) is 13.2. The summed E-state index contributed by atoms with van der Waals surface area (Å²) in [5, 5.41) is 18.2. The quantitative estimate of drug-likeness (QED) is 0.779. The van der Waals surface area contributed by atoms with Gasteiger partial charge in [-0.15, -0.1) is 0 Å². The van der Waals surface area contributed by atoms with Gasteiger partial charge in [-0.2, -0.15) is 5.10 Å². The molecular weight excluding hydrogens is 302 g/mol. The molecule has 4 rings (SSSR count). The summed E-state index contributed by atoms with van der Waals surface area (Å²) in [6.07, 6.45) is 3.70. The first-order valence-electron chi connectivity index (χ1n) is 8.24. The fourth-order valence-corrected chi connectivity index (χ4v) is 3.34. The largest absolute Gasteiger partial charge is 0.392 e. The fourth-order valence-electron chi connectivity index (χ4n) is 3.34. The van der Waals surface area contributed by atoms with Gasteiger partial charge in [0.05, 0.1) is 29.4 Å². The van der Waals surface area contributed by atoms with Crippen molar-refractivity contribution in [1.29, 1.82) is 0 Å². The number of aliphatic hydroxyl groups is 1. The van der Waals surface area contributed by atoms with Gasteiger partial charge in [0.25, 0.3) is 0 Å². The molecule has 0 radical (unpaired) electrons. The number of carbonyl (C=O) groups excluding carboxylic acids is 1. The highest BCUT2D eigenvalue weighted by atomic mass is 16.3. The Labute approximate surface area is 139 Å². The smallest absolute Gasteiger partial charge is 0.230 e. The van der Waals surface area contributed by atoms with Gasteiger partial charge in [0.2, 0.25) is 5.91 Å². The number of hydrogen-bond acceptors (Lipinski definition) is 3. The summed E-state index contributed by atoms with van der Waals surface area (Å²) in [5.41, 5.74) is 2.72. The Hall–Kier alpha value is -2.66. The molecule has 0 aliphatic heterocycles. The number of rotatable bonds is 3. The van der Waals surface area contributed by atoms with Crippen molar-refractivity contribution >= 4 is 22.5 Å². The predicted octanol–water partition coefficient (Wildman–Crippen LogP) is 3.13. The van der Waals surface area contributed by atoms with Crippen LogP contribution in [0.5, 0.6) is 0 Å². The summed E-state index contributed by atoms with van der Waals surface area (Å²) in [4.78, 5) is 12.2. The lowest BCUT2D eigenvalue weighted by Gasteiger charge is -2.14. The number of aliphatic hydroxyl groups excluding tert-OH is 1. The zero-order valence-electron chi connectivity index (χ0n) is 13.2. The first kappa shape index (κ1) is 14.9. The molecule has 1 heterocycles. The van der Waals surface area contributed by atoms with Crippen LogP contribution < -0.4 is 5.32 Å². The highest BCUT2D eigenvalue weighted by Gasteiger charge is 2.31. The molecular formula is C19H19N3O2. The first-order valence-corrected chi connectivity index (χ1v) is 8.24. The lowest BCUT2D eigenvalue weighted by atomic mass is 10.1. The maximum absolute atomic E-state index is 12.2. The average molecular weight is 321 g/mol. The van der Waals surface area contributed by atoms with Gasteiger partial charge in [-0.3, -0.25) is 4.79 Å². The Morgan fingerprint density at radius 1 is 1.12 bits per heavy atom. The van der Waals surface area contributed by atoms with Crippen LogP contribution in [0.1, 0.15) is 19.3 Å². The average Bonchev–Trinajstić information content (AvgIpc) is 3.22. The van der Waals surface area contributed by atoms with Crippen LogP contribution in [0.3, 0.4) is 0 Å². The van der Waals surface area contributed by atoms with E-state index in [1.807, 2.05) is 59.4 Å². The number of benzene rings is 2. The van der Waals surface area contributed by atoms with Gasteiger partial charge < -0.3 is 10.4 Å². The van der Waals surface area contributed by atoms with Crippen molar-refractivity contribution < 1.29 is 9.90 Å². The highest BCUT2D eigenvalue weighted by molar-refractivity contribution is 5.93. The molecule has 122 valence electrons. The number of fused-ring (bicyclic) bond motifs is 1. The molecule has 1 aromatic heterocycles. The summed E-state index contributed by atoms with van der Waals surface area (Å²) >= 11 is 0. The first-order chi connectivity index (χ1) is 11.7. The molecule has 1 fully saturated rings. The van der Waals surface area contributed by atoms with Crippen molar-refractivity contribution in [2.75, 3.05) is 5.32 Å². The van der Waals surface area contributed by atoms with Crippen LogP contribution in [-0.4, -0.2) is 26.9 Å². The number of hydrogen-bond donors (Lipinski definition) is 2. The van der Waals surface area contributed by atoms with E-state index in [0.717, 1.165) is 35.1 Å². The predicted molar refractivity (Wildman–Crippen MR) is 93.0 cm³/mol. The third-order valence-electron chi connectivity index (χ3n) is 4.67. The molecule has 2 N–H and O–H groups in total. The summed E-state index contributed by atoms with van der Waals surface area (Å²) < 4.78 is 1.88. The fraction of sp³-hybridized carbons (Fsp3) is 0.263. The lowest BCUT2D eigenvalue weighted by molar-refractivity contribution is -0.122. The second-order valence-corrected chi connectivity index (χ2v) is 6.26. The van der Waals surface area contributed by atoms with Gasteiger partial charge in [0.15, 0.2) is 0 Å². The van der Waals surface area contributed by atoms with E-state index in [1.165, 1.54) is 0 Å². The van der Waals surface area contributed by atoms with E-state index in [1.54, 1.807) is 0 Å². The Morgan fingerprint density at radius 2 is 1.92 bits per heavy atom. The molecule has 5 heteroatoms. The molecule has 24 heavy (non-hydrogen) atoms. The van der Waals surface area contributed by atoms with E-state index in [2.05, 4.69) is 10.4 Å². The maximum Gasteiger partial charge on any atom is 0.230 e. The zero-order chi connectivity index (χ0) is 16.5. The minimum Gasteiger partial charge on any atom is -0.392 e. The third kappa shape index (κ3) is 2.67. The standard InChI is InChI=1S/C19H19N3O2/c23-18-7-3-5-16(18)19(24)21-14-8-10-15(11-9-14)22-17-6-2-1-4-13(17)12-20-22/h1-2,4,6,8-12,16,18,23H,3,5,7H2,(H,21,24). The van der Waals surface area contributed by atoms with Crippen molar-refractivity contribution in [3.8, 4) is 5.69 Å². The summed E-state index contributed by atoms with van der Waals surface area (Å²) in [6, 6.07) is 15.6. The number of carbonyl (C=O) groups is 1. The molecule has 3 aromatic rings. The van der Waals surface area contributed by atoms with Crippen molar-refractivity contribution in [3.05, 3.63) is 54.7 Å². The lowest BCUT2D eigenvalue weighted by Crippen LogP contribution is -2.28. The van der Waals surface area contributed by atoms with Gasteiger partial charge in [-0.1, -0.05) is 18.2 Å². The second-order valence-electron chi connectivity index (χ2n) is 6.26. The summed E-state index contributed by atoms with van der Waals surface area (Å²) in [6.45, 7) is 0. The molecule has 0 spiro atoms. The normalized spacial score (nSPS) is 20.4. The number of anilines is 1. The maximum atomic E-state index is 12.2. The van der Waals surface area contributed by atoms with Gasteiger partial charge in [-0.05, 0) is 49.6 Å². The molecule has 5 nitrogen and oxygen atoms in total. The van der Waals surface area contributed by atoms with Crippen molar-refractivity contribution in [2.24, 2.45) is 5.92 Å². The van der Waals surface area contributed by atoms with Gasteiger partial charge in [0.1, 0.15) is 0 Å². The molecule has 2 atom stereocenters. The summed E-state index contributed by atoms with van der Waals surface area (Å²) in [5.74, 6) is -0.392. The van der Waals surface area contributed by atoms with Crippen LogP contribution in [0.2, 0.25) is 0 Å². The van der Waals surface area contributed by atoms with Crippen LogP contribution in [0.15, 0.2) is 54.7 Å².